The minimum Gasteiger partial charge on any atom is -0.296 e. The highest BCUT2D eigenvalue weighted by atomic mass is 35.5. The van der Waals surface area contributed by atoms with Crippen LogP contribution in [0, 0.1) is 11.6 Å². The van der Waals surface area contributed by atoms with Crippen molar-refractivity contribution in [3.63, 3.8) is 0 Å². The minimum atomic E-state index is -4.31. The minimum absolute atomic E-state index is 0.0291. The standard InChI is InChI=1S/C15H17ClF2N4O3S2/c1-5-19-27(24,25)8-6-7(10(17)9(16)11(8)18)12(23)20-14-22-21-13(26-14)15(2,3)4/h6,19H,5H2,1-4H3,(H,20,22,23). The number of carbonyl (C=O) groups is 1. The van der Waals surface area contributed by atoms with Gasteiger partial charge in [-0.1, -0.05) is 50.6 Å². The summed E-state index contributed by atoms with van der Waals surface area (Å²) in [6.07, 6.45) is 0. The first-order valence-corrected chi connectivity index (χ1v) is 10.4. The summed E-state index contributed by atoms with van der Waals surface area (Å²) in [4.78, 5) is 11.5. The molecule has 1 aromatic heterocycles. The number of amides is 1. The molecule has 1 amide bonds. The van der Waals surface area contributed by atoms with Gasteiger partial charge < -0.3 is 0 Å². The molecular weight excluding hydrogens is 422 g/mol. The molecule has 1 heterocycles. The fraction of sp³-hybridized carbons (Fsp3) is 0.400. The van der Waals surface area contributed by atoms with Crippen molar-refractivity contribution in [3.05, 3.63) is 33.3 Å². The molecule has 27 heavy (non-hydrogen) atoms. The summed E-state index contributed by atoms with van der Waals surface area (Å²) < 4.78 is 54.6. The van der Waals surface area contributed by atoms with E-state index in [1.807, 2.05) is 20.8 Å². The zero-order chi connectivity index (χ0) is 20.6. The third-order valence-electron chi connectivity index (χ3n) is 3.27. The number of rotatable bonds is 5. The van der Waals surface area contributed by atoms with Crippen LogP contribution in [0.15, 0.2) is 11.0 Å². The van der Waals surface area contributed by atoms with Gasteiger partial charge in [-0.05, 0) is 6.07 Å². The third-order valence-corrected chi connectivity index (χ3v) is 6.41. The molecule has 0 atom stereocenters. The van der Waals surface area contributed by atoms with E-state index in [1.165, 1.54) is 6.92 Å². The summed E-state index contributed by atoms with van der Waals surface area (Å²) in [5.41, 5.74) is -1.04. The Balaban J connectivity index is 2.44. The van der Waals surface area contributed by atoms with Gasteiger partial charge in [-0.2, -0.15) is 0 Å². The number of aromatic nitrogens is 2. The molecule has 12 heteroatoms. The third kappa shape index (κ3) is 4.60. The van der Waals surface area contributed by atoms with Crippen molar-refractivity contribution >= 4 is 44.0 Å². The van der Waals surface area contributed by atoms with Crippen LogP contribution in [-0.2, 0) is 15.4 Å². The quantitative estimate of drug-likeness (QED) is 0.697. The second-order valence-corrected chi connectivity index (χ2v) is 9.57. The van der Waals surface area contributed by atoms with Gasteiger partial charge in [0.15, 0.2) is 11.6 Å². The lowest BCUT2D eigenvalue weighted by molar-refractivity contribution is 0.102. The van der Waals surface area contributed by atoms with Crippen molar-refractivity contribution in [2.75, 3.05) is 11.9 Å². The molecule has 0 saturated carbocycles. The average Bonchev–Trinajstić information content (AvgIpc) is 3.01. The molecule has 2 rings (SSSR count). The Hall–Kier alpha value is -1.69. The van der Waals surface area contributed by atoms with Gasteiger partial charge in [-0.15, -0.1) is 10.2 Å². The van der Waals surface area contributed by atoms with Crippen LogP contribution in [-0.4, -0.2) is 31.1 Å². The summed E-state index contributed by atoms with van der Waals surface area (Å²) in [7, 11) is -4.31. The Bertz CT molecular complexity index is 988. The molecule has 7 nitrogen and oxygen atoms in total. The summed E-state index contributed by atoms with van der Waals surface area (Å²) >= 11 is 6.64. The summed E-state index contributed by atoms with van der Waals surface area (Å²) in [6, 6.07) is 0.593. The second kappa shape index (κ2) is 7.74. The Labute approximate surface area is 164 Å². The molecule has 0 aliphatic rings. The topological polar surface area (TPSA) is 101 Å². The molecule has 2 aromatic rings. The van der Waals surface area contributed by atoms with Gasteiger partial charge in [0.1, 0.15) is 14.9 Å². The van der Waals surface area contributed by atoms with Crippen LogP contribution in [0.4, 0.5) is 13.9 Å². The smallest absolute Gasteiger partial charge is 0.260 e. The Morgan fingerprint density at radius 3 is 2.41 bits per heavy atom. The Kier molecular flexibility index (Phi) is 6.19. The number of anilines is 1. The van der Waals surface area contributed by atoms with Gasteiger partial charge in [0, 0.05) is 12.0 Å². The van der Waals surface area contributed by atoms with Crippen LogP contribution in [0.3, 0.4) is 0 Å². The van der Waals surface area contributed by atoms with Crippen molar-refractivity contribution < 1.29 is 22.0 Å². The van der Waals surface area contributed by atoms with E-state index >= 15 is 0 Å². The van der Waals surface area contributed by atoms with E-state index in [1.54, 1.807) is 0 Å². The van der Waals surface area contributed by atoms with Gasteiger partial charge in [-0.25, -0.2) is 21.9 Å². The van der Waals surface area contributed by atoms with Gasteiger partial charge in [0.25, 0.3) is 5.91 Å². The summed E-state index contributed by atoms with van der Waals surface area (Å²) in [6.45, 7) is 7.15. The molecule has 0 fully saturated rings. The molecule has 0 radical (unpaired) electrons. The molecule has 0 aliphatic heterocycles. The van der Waals surface area contributed by atoms with Crippen molar-refractivity contribution in [1.82, 2.24) is 14.9 Å². The number of benzene rings is 1. The maximum atomic E-state index is 14.3. The highest BCUT2D eigenvalue weighted by Crippen LogP contribution is 2.30. The Morgan fingerprint density at radius 2 is 1.89 bits per heavy atom. The lowest BCUT2D eigenvalue weighted by atomic mass is 9.98. The molecule has 0 unspecified atom stereocenters. The van der Waals surface area contributed by atoms with E-state index in [0.29, 0.717) is 11.1 Å². The van der Waals surface area contributed by atoms with E-state index < -0.39 is 43.0 Å². The van der Waals surface area contributed by atoms with Gasteiger partial charge in [0.2, 0.25) is 15.2 Å². The van der Waals surface area contributed by atoms with E-state index in [-0.39, 0.29) is 17.1 Å². The fourth-order valence-corrected chi connectivity index (χ4v) is 4.15. The number of nitrogens with zero attached hydrogens (tertiary/aromatic N) is 2. The predicted molar refractivity (Wildman–Crippen MR) is 98.8 cm³/mol. The van der Waals surface area contributed by atoms with Gasteiger partial charge in [-0.3, -0.25) is 10.1 Å². The molecule has 1 aromatic carbocycles. The zero-order valence-electron chi connectivity index (χ0n) is 14.9. The van der Waals surface area contributed by atoms with E-state index in [4.69, 9.17) is 11.6 Å². The normalized spacial score (nSPS) is 12.3. The van der Waals surface area contributed by atoms with Crippen molar-refractivity contribution in [2.45, 2.75) is 38.0 Å². The maximum Gasteiger partial charge on any atom is 0.260 e. The summed E-state index contributed by atoms with van der Waals surface area (Å²) in [5, 5.41) is 9.67. The number of nitrogens with one attached hydrogen (secondary N) is 2. The molecule has 148 valence electrons. The SMILES string of the molecule is CCNS(=O)(=O)c1cc(C(=O)Nc2nnc(C(C)(C)C)s2)c(F)c(Cl)c1F. The first-order chi connectivity index (χ1) is 12.4. The van der Waals surface area contributed by atoms with Gasteiger partial charge >= 0.3 is 0 Å². The number of hydrogen-bond acceptors (Lipinski definition) is 6. The highest BCUT2D eigenvalue weighted by Gasteiger charge is 2.28. The van der Waals surface area contributed by atoms with Crippen LogP contribution in [0.25, 0.3) is 0 Å². The first kappa shape index (κ1) is 21.6. The molecule has 0 bridgehead atoms. The first-order valence-electron chi connectivity index (χ1n) is 7.71. The van der Waals surface area contributed by atoms with Crippen LogP contribution >= 0.6 is 22.9 Å². The van der Waals surface area contributed by atoms with Crippen LogP contribution in [0.2, 0.25) is 5.02 Å². The van der Waals surface area contributed by atoms with Crippen molar-refractivity contribution in [2.24, 2.45) is 0 Å². The van der Waals surface area contributed by atoms with Crippen LogP contribution < -0.4 is 10.0 Å². The molecule has 0 aliphatic carbocycles. The number of sulfonamides is 1. The van der Waals surface area contributed by atoms with Crippen LogP contribution in [0.5, 0.6) is 0 Å². The maximum absolute atomic E-state index is 14.3. The average molecular weight is 439 g/mol. The molecule has 0 spiro atoms. The van der Waals surface area contributed by atoms with Gasteiger partial charge in [0.05, 0.1) is 5.56 Å². The Morgan fingerprint density at radius 1 is 1.26 bits per heavy atom. The van der Waals surface area contributed by atoms with Crippen LogP contribution in [0.1, 0.15) is 43.1 Å². The number of hydrogen-bond donors (Lipinski definition) is 2. The largest absolute Gasteiger partial charge is 0.296 e. The van der Waals surface area contributed by atoms with Crippen molar-refractivity contribution in [1.29, 1.82) is 0 Å². The molecular formula is C15H17ClF2N4O3S2. The fourth-order valence-electron chi connectivity index (χ4n) is 1.95. The zero-order valence-corrected chi connectivity index (χ0v) is 17.2. The summed E-state index contributed by atoms with van der Waals surface area (Å²) in [5.74, 6) is -3.88. The molecule has 0 saturated heterocycles. The highest BCUT2D eigenvalue weighted by molar-refractivity contribution is 7.89. The lowest BCUT2D eigenvalue weighted by Gasteiger charge is -2.12. The molecule has 2 N–H and O–H groups in total. The predicted octanol–water partition coefficient (Wildman–Crippen LogP) is 3.32. The van der Waals surface area contributed by atoms with E-state index in [9.17, 15) is 22.0 Å². The van der Waals surface area contributed by atoms with Crippen molar-refractivity contribution in [3.8, 4) is 0 Å². The number of carbonyl (C=O) groups excluding carboxylic acids is 1. The lowest BCUT2D eigenvalue weighted by Crippen LogP contribution is -2.25. The van der Waals surface area contributed by atoms with E-state index in [0.717, 1.165) is 11.3 Å². The number of halogens is 3. The second-order valence-electron chi connectivity index (χ2n) is 6.48. The monoisotopic (exact) mass is 438 g/mol. The van der Waals surface area contributed by atoms with E-state index in [2.05, 4.69) is 20.2 Å².